The van der Waals surface area contributed by atoms with Crippen molar-refractivity contribution in [2.45, 2.75) is 37.6 Å². The number of hydrogen-bond acceptors (Lipinski definition) is 4. The van der Waals surface area contributed by atoms with E-state index in [4.69, 9.17) is 0 Å². The average Bonchev–Trinajstić information content (AvgIpc) is 3.06. The van der Waals surface area contributed by atoms with Crippen molar-refractivity contribution in [1.82, 2.24) is 15.1 Å². The van der Waals surface area contributed by atoms with Crippen molar-refractivity contribution in [3.8, 4) is 0 Å². The fourth-order valence-electron chi connectivity index (χ4n) is 5.38. The van der Waals surface area contributed by atoms with E-state index in [0.29, 0.717) is 19.4 Å². The largest absolute Gasteiger partial charge is 0.369 e. The van der Waals surface area contributed by atoms with Gasteiger partial charge in [0.25, 0.3) is 5.91 Å². The number of para-hydroxylation sites is 1. The zero-order valence-corrected chi connectivity index (χ0v) is 18.6. The molecule has 6 nitrogen and oxygen atoms in total. The van der Waals surface area contributed by atoms with Gasteiger partial charge in [-0.2, -0.15) is 0 Å². The summed E-state index contributed by atoms with van der Waals surface area (Å²) in [7, 11) is 0. The van der Waals surface area contributed by atoms with E-state index in [-0.39, 0.29) is 11.9 Å². The number of nitrogens with zero attached hydrogens (tertiary/aromatic N) is 3. The summed E-state index contributed by atoms with van der Waals surface area (Å²) < 4.78 is 0. The standard InChI is InChI=1S/C26H32N4O2/c31-24-26(13-12-21-8-4-5-9-22(21)20-26)27-25(32)30(24)15-7-6-14-28-16-18-29(19-17-28)23-10-2-1-3-11-23/h1-5,8-11H,6-7,12-20H2,(H,27,32). The molecule has 1 spiro atoms. The van der Waals surface area contributed by atoms with Gasteiger partial charge in [-0.15, -0.1) is 0 Å². The van der Waals surface area contributed by atoms with Gasteiger partial charge in [0.2, 0.25) is 0 Å². The van der Waals surface area contributed by atoms with Crippen LogP contribution in [0, 0.1) is 0 Å². The van der Waals surface area contributed by atoms with Gasteiger partial charge in [0, 0.05) is 44.8 Å². The molecule has 168 valence electrons. The van der Waals surface area contributed by atoms with Crippen LogP contribution in [0.15, 0.2) is 54.6 Å². The lowest BCUT2D eigenvalue weighted by Gasteiger charge is -2.36. The number of unbranched alkanes of at least 4 members (excludes halogenated alkanes) is 1. The lowest BCUT2D eigenvalue weighted by atomic mass is 9.78. The van der Waals surface area contributed by atoms with E-state index in [9.17, 15) is 9.59 Å². The minimum Gasteiger partial charge on any atom is -0.369 e. The Bertz CT molecular complexity index is 971. The lowest BCUT2D eigenvalue weighted by Crippen LogP contribution is -2.51. The molecular formula is C26H32N4O2. The Balaban J connectivity index is 1.08. The Morgan fingerprint density at radius 2 is 1.50 bits per heavy atom. The van der Waals surface area contributed by atoms with Crippen LogP contribution in [0.4, 0.5) is 10.5 Å². The quantitative estimate of drug-likeness (QED) is 0.563. The first kappa shape index (κ1) is 21.0. The summed E-state index contributed by atoms with van der Waals surface area (Å²) in [5, 5.41) is 3.04. The van der Waals surface area contributed by atoms with Gasteiger partial charge in [-0.3, -0.25) is 14.6 Å². The average molecular weight is 433 g/mol. The molecule has 6 heteroatoms. The number of fused-ring (bicyclic) bond motifs is 1. The first-order valence-corrected chi connectivity index (χ1v) is 11.9. The van der Waals surface area contributed by atoms with Gasteiger partial charge >= 0.3 is 6.03 Å². The Hall–Kier alpha value is -2.86. The molecule has 1 N–H and O–H groups in total. The minimum atomic E-state index is -0.737. The second-order valence-corrected chi connectivity index (χ2v) is 9.29. The van der Waals surface area contributed by atoms with E-state index >= 15 is 0 Å². The zero-order valence-electron chi connectivity index (χ0n) is 18.6. The Morgan fingerprint density at radius 1 is 0.812 bits per heavy atom. The van der Waals surface area contributed by atoms with E-state index in [1.54, 1.807) is 0 Å². The van der Waals surface area contributed by atoms with Crippen molar-refractivity contribution in [3.63, 3.8) is 0 Å². The van der Waals surface area contributed by atoms with Gasteiger partial charge < -0.3 is 10.2 Å². The SMILES string of the molecule is O=C1NC2(CCc3ccccc3C2)C(=O)N1CCCCN1CCN(c2ccccc2)CC1. The third kappa shape index (κ3) is 4.11. The number of imide groups is 1. The van der Waals surface area contributed by atoms with Crippen LogP contribution in [0.5, 0.6) is 0 Å². The smallest absolute Gasteiger partial charge is 0.325 e. The summed E-state index contributed by atoms with van der Waals surface area (Å²) in [4.78, 5) is 32.2. The van der Waals surface area contributed by atoms with Crippen molar-refractivity contribution < 1.29 is 9.59 Å². The van der Waals surface area contributed by atoms with Gasteiger partial charge in [-0.1, -0.05) is 42.5 Å². The van der Waals surface area contributed by atoms with Crippen LogP contribution in [0.2, 0.25) is 0 Å². The first-order valence-electron chi connectivity index (χ1n) is 11.9. The topological polar surface area (TPSA) is 55.9 Å². The molecule has 1 aliphatic carbocycles. The maximum absolute atomic E-state index is 13.2. The fraction of sp³-hybridized carbons (Fsp3) is 0.462. The van der Waals surface area contributed by atoms with E-state index < -0.39 is 5.54 Å². The van der Waals surface area contributed by atoms with Gasteiger partial charge in [-0.25, -0.2) is 4.79 Å². The highest BCUT2D eigenvalue weighted by molar-refractivity contribution is 6.07. The highest BCUT2D eigenvalue weighted by Gasteiger charge is 2.51. The summed E-state index contributed by atoms with van der Waals surface area (Å²) in [6.45, 7) is 5.73. The summed E-state index contributed by atoms with van der Waals surface area (Å²) in [5.74, 6) is -0.0338. The minimum absolute atomic E-state index is 0.0338. The normalized spacial score (nSPS) is 23.5. The van der Waals surface area contributed by atoms with Crippen LogP contribution < -0.4 is 10.2 Å². The number of anilines is 1. The Kier molecular flexibility index (Phi) is 5.87. The van der Waals surface area contributed by atoms with Crippen molar-refractivity contribution in [1.29, 1.82) is 0 Å². The molecule has 1 atom stereocenters. The molecule has 0 bridgehead atoms. The second-order valence-electron chi connectivity index (χ2n) is 9.29. The molecule has 1 unspecified atom stereocenters. The van der Waals surface area contributed by atoms with E-state index in [0.717, 1.165) is 52.0 Å². The molecule has 0 radical (unpaired) electrons. The van der Waals surface area contributed by atoms with Crippen LogP contribution >= 0.6 is 0 Å². The molecule has 2 aromatic carbocycles. The van der Waals surface area contributed by atoms with Gasteiger partial charge in [0.05, 0.1) is 0 Å². The molecule has 2 heterocycles. The second kappa shape index (κ2) is 8.94. The Labute approximate surface area is 190 Å². The summed E-state index contributed by atoms with van der Waals surface area (Å²) in [5.41, 5.74) is 3.04. The monoisotopic (exact) mass is 432 g/mol. The van der Waals surface area contributed by atoms with Crippen LogP contribution in [-0.2, 0) is 17.6 Å². The van der Waals surface area contributed by atoms with E-state index in [1.165, 1.54) is 21.7 Å². The number of piperazine rings is 1. The summed E-state index contributed by atoms with van der Waals surface area (Å²) in [6.07, 6.45) is 3.99. The van der Waals surface area contributed by atoms with Gasteiger partial charge in [-0.05, 0) is 55.5 Å². The number of benzene rings is 2. The molecule has 3 amide bonds. The maximum Gasteiger partial charge on any atom is 0.325 e. The third-order valence-electron chi connectivity index (χ3n) is 7.28. The van der Waals surface area contributed by atoms with Crippen LogP contribution in [0.1, 0.15) is 30.4 Å². The summed E-state index contributed by atoms with van der Waals surface area (Å²) in [6, 6.07) is 18.6. The van der Waals surface area contributed by atoms with Gasteiger partial charge in [0.15, 0.2) is 0 Å². The number of amides is 3. The third-order valence-corrected chi connectivity index (χ3v) is 7.28. The molecule has 5 rings (SSSR count). The molecule has 0 aromatic heterocycles. The fourth-order valence-corrected chi connectivity index (χ4v) is 5.38. The van der Waals surface area contributed by atoms with Crippen molar-refractivity contribution in [2.75, 3.05) is 44.2 Å². The van der Waals surface area contributed by atoms with Crippen LogP contribution in [0.25, 0.3) is 0 Å². The molecule has 2 aliphatic heterocycles. The molecule has 2 saturated heterocycles. The molecular weight excluding hydrogens is 400 g/mol. The van der Waals surface area contributed by atoms with E-state index in [2.05, 4.69) is 57.6 Å². The number of rotatable bonds is 6. The number of carbonyl (C=O) groups is 2. The number of urea groups is 1. The zero-order chi connectivity index (χ0) is 22.0. The highest BCUT2D eigenvalue weighted by Crippen LogP contribution is 2.33. The van der Waals surface area contributed by atoms with Crippen LogP contribution in [0.3, 0.4) is 0 Å². The molecule has 0 saturated carbocycles. The molecule has 2 fully saturated rings. The van der Waals surface area contributed by atoms with Crippen molar-refractivity contribution in [2.24, 2.45) is 0 Å². The molecule has 3 aliphatic rings. The van der Waals surface area contributed by atoms with E-state index in [1.807, 2.05) is 12.1 Å². The van der Waals surface area contributed by atoms with Crippen LogP contribution in [-0.4, -0.2) is 66.5 Å². The maximum atomic E-state index is 13.2. The molecule has 2 aromatic rings. The van der Waals surface area contributed by atoms with Crippen molar-refractivity contribution in [3.05, 3.63) is 65.7 Å². The highest BCUT2D eigenvalue weighted by atomic mass is 16.2. The number of carbonyl (C=O) groups excluding carboxylic acids is 2. The number of nitrogens with one attached hydrogen (secondary N) is 1. The first-order chi connectivity index (χ1) is 15.6. The Morgan fingerprint density at radius 3 is 2.28 bits per heavy atom. The number of aryl methyl sites for hydroxylation is 1. The summed E-state index contributed by atoms with van der Waals surface area (Å²) >= 11 is 0. The van der Waals surface area contributed by atoms with Crippen molar-refractivity contribution >= 4 is 17.6 Å². The predicted octanol–water partition coefficient (Wildman–Crippen LogP) is 3.07. The predicted molar refractivity (Wildman–Crippen MR) is 126 cm³/mol. The molecule has 32 heavy (non-hydrogen) atoms. The number of hydrogen-bond donors (Lipinski definition) is 1. The van der Waals surface area contributed by atoms with Gasteiger partial charge in [0.1, 0.15) is 5.54 Å². The lowest BCUT2D eigenvalue weighted by molar-refractivity contribution is -0.131.